The molecule has 4 rings (SSSR count). The Kier molecular flexibility index (Phi) is 8.97. The third-order valence-electron chi connectivity index (χ3n) is 6.09. The van der Waals surface area contributed by atoms with Crippen molar-refractivity contribution in [2.75, 3.05) is 13.6 Å². The molecule has 0 unspecified atom stereocenters. The van der Waals surface area contributed by atoms with Gasteiger partial charge in [0.25, 0.3) is 5.91 Å². The van der Waals surface area contributed by atoms with E-state index in [1.165, 1.54) is 36.2 Å². The van der Waals surface area contributed by atoms with E-state index in [4.69, 9.17) is 5.11 Å². The van der Waals surface area contributed by atoms with Crippen LogP contribution in [-0.2, 0) is 11.3 Å². The molecule has 0 fully saturated rings. The predicted molar refractivity (Wildman–Crippen MR) is 141 cm³/mol. The van der Waals surface area contributed by atoms with Gasteiger partial charge in [0.05, 0.1) is 24.4 Å². The van der Waals surface area contributed by atoms with Gasteiger partial charge in [-0.1, -0.05) is 12.1 Å². The smallest absolute Gasteiger partial charge is 0.481 e. The Morgan fingerprint density at radius 3 is 1.81 bits per heavy atom. The Morgan fingerprint density at radius 2 is 1.33 bits per heavy atom. The molecule has 1 N–H and O–H groups in total. The summed E-state index contributed by atoms with van der Waals surface area (Å²) < 4.78 is 84.9. The average molecular weight is 608 g/mol. The molecule has 14 heteroatoms. The van der Waals surface area contributed by atoms with Crippen LogP contribution < -0.4 is 9.47 Å². The highest BCUT2D eigenvalue weighted by molar-refractivity contribution is 5.94. The van der Waals surface area contributed by atoms with Gasteiger partial charge in [0, 0.05) is 30.3 Å². The van der Waals surface area contributed by atoms with Crippen LogP contribution in [0.15, 0.2) is 78.9 Å². The van der Waals surface area contributed by atoms with Gasteiger partial charge < -0.3 is 19.5 Å². The first-order valence-corrected chi connectivity index (χ1v) is 12.5. The fourth-order valence-corrected chi connectivity index (χ4v) is 4.08. The molecular formula is C29H23F6N3O5. The molecule has 3 aromatic carbocycles. The second-order valence-electron chi connectivity index (χ2n) is 9.28. The Labute approximate surface area is 240 Å². The largest absolute Gasteiger partial charge is 0.573 e. The highest BCUT2D eigenvalue weighted by Gasteiger charge is 2.32. The molecule has 1 amide bonds. The second-order valence-corrected chi connectivity index (χ2v) is 9.28. The second kappa shape index (κ2) is 12.5. The molecule has 0 atom stereocenters. The fourth-order valence-electron chi connectivity index (χ4n) is 4.08. The monoisotopic (exact) mass is 607 g/mol. The molecule has 4 aromatic rings. The molecule has 0 bridgehead atoms. The van der Waals surface area contributed by atoms with Crippen LogP contribution in [0.1, 0.15) is 22.3 Å². The van der Waals surface area contributed by atoms with Crippen molar-refractivity contribution in [3.8, 4) is 34.0 Å². The van der Waals surface area contributed by atoms with Crippen molar-refractivity contribution in [2.45, 2.75) is 25.7 Å². The van der Waals surface area contributed by atoms with Gasteiger partial charge in [0.2, 0.25) is 0 Å². The Bertz CT molecular complexity index is 1560. The van der Waals surface area contributed by atoms with Gasteiger partial charge in [-0.25, -0.2) is 0 Å². The maximum absolute atomic E-state index is 12.6. The molecule has 0 saturated carbocycles. The molecule has 0 aliphatic heterocycles. The van der Waals surface area contributed by atoms with Gasteiger partial charge in [-0.2, -0.15) is 5.10 Å². The van der Waals surface area contributed by atoms with E-state index in [0.717, 1.165) is 24.3 Å². The zero-order chi connectivity index (χ0) is 31.4. The summed E-state index contributed by atoms with van der Waals surface area (Å²) in [7, 11) is 1.49. The summed E-state index contributed by atoms with van der Waals surface area (Å²) in [5, 5.41) is 13.4. The number of nitrogens with zero attached hydrogens (tertiary/aromatic N) is 3. The van der Waals surface area contributed by atoms with E-state index in [0.29, 0.717) is 33.6 Å². The minimum Gasteiger partial charge on any atom is -0.481 e. The maximum Gasteiger partial charge on any atom is 0.573 e. The number of carboxylic acids is 1. The maximum atomic E-state index is 12.6. The van der Waals surface area contributed by atoms with Gasteiger partial charge in [-0.3, -0.25) is 14.3 Å². The van der Waals surface area contributed by atoms with E-state index < -0.39 is 30.2 Å². The number of hydrogen-bond acceptors (Lipinski definition) is 5. The van der Waals surface area contributed by atoms with Crippen LogP contribution in [0, 0.1) is 0 Å². The van der Waals surface area contributed by atoms with Gasteiger partial charge in [0.1, 0.15) is 11.5 Å². The quantitative estimate of drug-likeness (QED) is 0.204. The lowest BCUT2D eigenvalue weighted by atomic mass is 10.1. The molecule has 0 spiro atoms. The first-order chi connectivity index (χ1) is 20.2. The first-order valence-electron chi connectivity index (χ1n) is 12.5. The molecule has 43 heavy (non-hydrogen) atoms. The zero-order valence-corrected chi connectivity index (χ0v) is 22.3. The van der Waals surface area contributed by atoms with E-state index in [2.05, 4.69) is 14.6 Å². The number of carboxylic acid groups (broad SMARTS) is 1. The SMILES string of the molecule is CN(CCC(=O)O)C(=O)c1ccc(Cn2nc(-c3ccc(OC(F)(F)F)cc3)cc2-c2ccc(OC(F)(F)F)cc2)cc1. The number of alkyl halides is 6. The van der Waals surface area contributed by atoms with E-state index in [9.17, 15) is 35.9 Å². The number of aromatic nitrogens is 2. The van der Waals surface area contributed by atoms with E-state index in [1.54, 1.807) is 35.0 Å². The standard InChI is InChI=1S/C29H23F6N3O5/c1-37(15-14-26(39)40)27(41)21-4-2-18(3-5-21)17-38-25(20-8-12-23(13-9-20)43-29(33,34)35)16-24(36-38)19-6-10-22(11-7-19)42-28(30,31)32/h2-13,16H,14-15,17H2,1H3,(H,39,40). The Morgan fingerprint density at radius 1 is 0.814 bits per heavy atom. The van der Waals surface area contributed by atoms with Crippen LogP contribution in [0.2, 0.25) is 0 Å². The number of carbonyl (C=O) groups excluding carboxylic acids is 1. The molecule has 1 heterocycles. The number of halogens is 6. The van der Waals surface area contributed by atoms with Crippen LogP contribution in [0.4, 0.5) is 26.3 Å². The summed E-state index contributed by atoms with van der Waals surface area (Å²) in [6.45, 7) is 0.195. The number of carbonyl (C=O) groups is 2. The minimum absolute atomic E-state index is 0.0332. The molecule has 0 radical (unpaired) electrons. The van der Waals surface area contributed by atoms with Crippen molar-refractivity contribution >= 4 is 11.9 Å². The lowest BCUT2D eigenvalue weighted by Gasteiger charge is -2.16. The Balaban J connectivity index is 1.62. The van der Waals surface area contributed by atoms with Crippen LogP contribution in [-0.4, -0.2) is 58.0 Å². The highest BCUT2D eigenvalue weighted by atomic mass is 19.4. The van der Waals surface area contributed by atoms with Gasteiger partial charge in [-0.05, 0) is 72.3 Å². The summed E-state index contributed by atoms with van der Waals surface area (Å²) in [5.74, 6) is -2.23. The number of aliphatic carboxylic acids is 1. The lowest BCUT2D eigenvalue weighted by Crippen LogP contribution is -2.29. The summed E-state index contributed by atoms with van der Waals surface area (Å²) in [6, 6.07) is 18.3. The van der Waals surface area contributed by atoms with Crippen molar-refractivity contribution in [2.24, 2.45) is 0 Å². The number of ether oxygens (including phenoxy) is 2. The van der Waals surface area contributed by atoms with Crippen LogP contribution in [0.5, 0.6) is 11.5 Å². The molecule has 226 valence electrons. The number of benzene rings is 3. The predicted octanol–water partition coefficient (Wildman–Crippen LogP) is 6.61. The van der Waals surface area contributed by atoms with E-state index in [1.807, 2.05) is 0 Å². The average Bonchev–Trinajstić information content (AvgIpc) is 3.34. The van der Waals surface area contributed by atoms with Crippen LogP contribution in [0.3, 0.4) is 0 Å². The summed E-state index contributed by atoms with van der Waals surface area (Å²) in [4.78, 5) is 24.7. The molecular weight excluding hydrogens is 584 g/mol. The summed E-state index contributed by atoms with van der Waals surface area (Å²) in [5.41, 5.74) is 2.83. The lowest BCUT2D eigenvalue weighted by molar-refractivity contribution is -0.275. The molecule has 1 aromatic heterocycles. The molecule has 0 aliphatic rings. The molecule has 0 aliphatic carbocycles. The fraction of sp³-hybridized carbons (Fsp3) is 0.207. The van der Waals surface area contributed by atoms with Gasteiger partial charge >= 0.3 is 18.7 Å². The van der Waals surface area contributed by atoms with E-state index >= 15 is 0 Å². The number of amides is 1. The normalized spacial score (nSPS) is 11.7. The summed E-state index contributed by atoms with van der Waals surface area (Å²) in [6.07, 6.45) is -9.92. The number of rotatable bonds is 10. The van der Waals surface area contributed by atoms with Crippen molar-refractivity contribution in [1.82, 2.24) is 14.7 Å². The minimum atomic E-state index is -4.86. The summed E-state index contributed by atoms with van der Waals surface area (Å²) >= 11 is 0. The number of hydrogen-bond donors (Lipinski definition) is 1. The Hall–Kier alpha value is -5.01. The van der Waals surface area contributed by atoms with Crippen molar-refractivity contribution in [3.63, 3.8) is 0 Å². The third-order valence-corrected chi connectivity index (χ3v) is 6.09. The zero-order valence-electron chi connectivity index (χ0n) is 22.3. The van der Waals surface area contributed by atoms with Crippen molar-refractivity contribution < 1.29 is 50.5 Å². The topological polar surface area (TPSA) is 93.9 Å². The first kappa shape index (κ1) is 30.9. The van der Waals surface area contributed by atoms with Crippen molar-refractivity contribution in [1.29, 1.82) is 0 Å². The third kappa shape index (κ3) is 8.74. The van der Waals surface area contributed by atoms with Gasteiger partial charge in [0.15, 0.2) is 0 Å². The van der Waals surface area contributed by atoms with Gasteiger partial charge in [-0.15, -0.1) is 26.3 Å². The van der Waals surface area contributed by atoms with E-state index in [-0.39, 0.29) is 25.4 Å². The molecule has 8 nitrogen and oxygen atoms in total. The van der Waals surface area contributed by atoms with Crippen LogP contribution >= 0.6 is 0 Å². The molecule has 0 saturated heterocycles. The van der Waals surface area contributed by atoms with Crippen LogP contribution in [0.25, 0.3) is 22.5 Å². The highest BCUT2D eigenvalue weighted by Crippen LogP contribution is 2.31. The van der Waals surface area contributed by atoms with Crippen molar-refractivity contribution in [3.05, 3.63) is 90.0 Å².